The molecule has 0 radical (unpaired) electrons. The zero-order valence-corrected chi connectivity index (χ0v) is 14.7. The third-order valence-electron chi connectivity index (χ3n) is 4.45. The first kappa shape index (κ1) is 16.1. The molecule has 1 unspecified atom stereocenters. The average Bonchev–Trinajstić information content (AvgIpc) is 2.50. The Hall–Kier alpha value is -1.25. The highest BCUT2D eigenvalue weighted by Gasteiger charge is 2.19. The Kier molecular flexibility index (Phi) is 5.13. The number of thioether (sulfide) groups is 1. The molecule has 0 saturated carbocycles. The Morgan fingerprint density at radius 1 is 0.905 bits per heavy atom. The normalized spacial score (nSPS) is 12.5. The van der Waals surface area contributed by atoms with Crippen molar-refractivity contribution in [1.82, 2.24) is 5.32 Å². The van der Waals surface area contributed by atoms with E-state index in [4.69, 9.17) is 0 Å². The molecular weight excluding hydrogens is 274 g/mol. The van der Waals surface area contributed by atoms with Gasteiger partial charge in [0.2, 0.25) is 0 Å². The molecule has 1 atom stereocenters. The van der Waals surface area contributed by atoms with Crippen LogP contribution in [-0.4, -0.2) is 13.3 Å². The lowest BCUT2D eigenvalue weighted by Gasteiger charge is -2.24. The van der Waals surface area contributed by atoms with Gasteiger partial charge in [-0.1, -0.05) is 18.2 Å². The second-order valence-corrected chi connectivity index (χ2v) is 6.55. The number of nitrogens with one attached hydrogen (secondary N) is 1. The summed E-state index contributed by atoms with van der Waals surface area (Å²) in [4.78, 5) is 1.31. The highest BCUT2D eigenvalue weighted by atomic mass is 32.2. The number of hydrogen-bond donors (Lipinski definition) is 1. The molecule has 0 aliphatic carbocycles. The van der Waals surface area contributed by atoms with Gasteiger partial charge in [-0.25, -0.2) is 0 Å². The van der Waals surface area contributed by atoms with Crippen LogP contribution in [0, 0.1) is 27.7 Å². The summed E-state index contributed by atoms with van der Waals surface area (Å²) in [6, 6.07) is 11.4. The van der Waals surface area contributed by atoms with E-state index in [9.17, 15) is 0 Å². The summed E-state index contributed by atoms with van der Waals surface area (Å²) in [6.07, 6.45) is 2.11. The number of benzene rings is 2. The van der Waals surface area contributed by atoms with Gasteiger partial charge >= 0.3 is 0 Å². The largest absolute Gasteiger partial charge is 0.309 e. The molecule has 0 spiro atoms. The number of hydrogen-bond acceptors (Lipinski definition) is 2. The van der Waals surface area contributed by atoms with E-state index in [2.05, 4.69) is 69.6 Å². The lowest BCUT2D eigenvalue weighted by molar-refractivity contribution is 0.680. The SMILES string of the molecule is CNC(c1ccc(SC)cc1)c1c(C)c(C)cc(C)c1C. The zero-order valence-electron chi connectivity index (χ0n) is 13.9. The number of rotatable bonds is 4. The van der Waals surface area contributed by atoms with Crippen LogP contribution >= 0.6 is 11.8 Å². The fraction of sp³-hybridized carbons (Fsp3) is 0.368. The van der Waals surface area contributed by atoms with Crippen molar-refractivity contribution < 1.29 is 0 Å². The van der Waals surface area contributed by atoms with Gasteiger partial charge in [0.05, 0.1) is 6.04 Å². The van der Waals surface area contributed by atoms with E-state index in [0.29, 0.717) is 0 Å². The Morgan fingerprint density at radius 2 is 1.43 bits per heavy atom. The minimum atomic E-state index is 0.250. The van der Waals surface area contributed by atoms with Crippen LogP contribution in [0.3, 0.4) is 0 Å². The lowest BCUT2D eigenvalue weighted by Crippen LogP contribution is -2.20. The predicted octanol–water partition coefficient (Wildman–Crippen LogP) is 4.95. The fourth-order valence-electron chi connectivity index (χ4n) is 2.95. The van der Waals surface area contributed by atoms with Gasteiger partial charge < -0.3 is 5.32 Å². The van der Waals surface area contributed by atoms with Crippen LogP contribution in [0.2, 0.25) is 0 Å². The van der Waals surface area contributed by atoms with E-state index < -0.39 is 0 Å². The van der Waals surface area contributed by atoms with Crippen LogP contribution < -0.4 is 5.32 Å². The maximum Gasteiger partial charge on any atom is 0.0579 e. The maximum absolute atomic E-state index is 3.50. The van der Waals surface area contributed by atoms with E-state index in [1.807, 2.05) is 7.05 Å². The van der Waals surface area contributed by atoms with Crippen LogP contribution in [0.5, 0.6) is 0 Å². The molecule has 112 valence electrons. The Bertz CT molecular complexity index is 603. The zero-order chi connectivity index (χ0) is 15.6. The van der Waals surface area contributed by atoms with Crippen LogP contribution in [-0.2, 0) is 0 Å². The monoisotopic (exact) mass is 299 g/mol. The standard InChI is InChI=1S/C19H25NS/c1-12-11-13(2)15(4)18(14(12)3)19(20-5)16-7-9-17(21-6)10-8-16/h7-11,19-20H,1-6H3. The summed E-state index contributed by atoms with van der Waals surface area (Å²) < 4.78 is 0. The first-order valence-electron chi connectivity index (χ1n) is 7.38. The van der Waals surface area contributed by atoms with Crippen molar-refractivity contribution in [3.05, 3.63) is 63.7 Å². The van der Waals surface area contributed by atoms with Gasteiger partial charge in [0.1, 0.15) is 0 Å². The molecule has 21 heavy (non-hydrogen) atoms. The van der Waals surface area contributed by atoms with E-state index in [1.54, 1.807) is 11.8 Å². The summed E-state index contributed by atoms with van der Waals surface area (Å²) in [7, 11) is 2.05. The first-order chi connectivity index (χ1) is 9.99. The molecule has 0 aliphatic rings. The molecule has 0 saturated heterocycles. The first-order valence-corrected chi connectivity index (χ1v) is 8.60. The van der Waals surface area contributed by atoms with Gasteiger partial charge in [-0.3, -0.25) is 0 Å². The van der Waals surface area contributed by atoms with E-state index >= 15 is 0 Å². The molecule has 0 bridgehead atoms. The minimum Gasteiger partial charge on any atom is -0.309 e. The Labute approximate surface area is 133 Å². The average molecular weight is 299 g/mol. The van der Waals surface area contributed by atoms with Crippen molar-refractivity contribution in [3.63, 3.8) is 0 Å². The molecule has 0 fully saturated rings. The van der Waals surface area contributed by atoms with Gasteiger partial charge in [-0.15, -0.1) is 11.8 Å². The van der Waals surface area contributed by atoms with Crippen molar-refractivity contribution >= 4 is 11.8 Å². The lowest BCUT2D eigenvalue weighted by atomic mass is 9.87. The third kappa shape index (κ3) is 3.17. The third-order valence-corrected chi connectivity index (χ3v) is 5.19. The molecular formula is C19H25NS. The highest BCUT2D eigenvalue weighted by Crippen LogP contribution is 2.32. The molecule has 2 aromatic carbocycles. The number of aryl methyl sites for hydroxylation is 2. The van der Waals surface area contributed by atoms with Crippen LogP contribution in [0.15, 0.2) is 35.2 Å². The van der Waals surface area contributed by atoms with Crippen LogP contribution in [0.4, 0.5) is 0 Å². The summed E-state index contributed by atoms with van der Waals surface area (Å²) in [5.41, 5.74) is 8.28. The summed E-state index contributed by atoms with van der Waals surface area (Å²) in [5, 5.41) is 3.50. The molecule has 2 heteroatoms. The molecule has 0 amide bonds. The highest BCUT2D eigenvalue weighted by molar-refractivity contribution is 7.98. The quantitative estimate of drug-likeness (QED) is 0.802. The van der Waals surface area contributed by atoms with Crippen molar-refractivity contribution in [2.45, 2.75) is 38.6 Å². The van der Waals surface area contributed by atoms with E-state index in [0.717, 1.165) is 0 Å². The van der Waals surface area contributed by atoms with Crippen molar-refractivity contribution in [2.24, 2.45) is 0 Å². The van der Waals surface area contributed by atoms with Gasteiger partial charge in [-0.2, -0.15) is 0 Å². The molecule has 0 aromatic heterocycles. The van der Waals surface area contributed by atoms with Crippen LogP contribution in [0.25, 0.3) is 0 Å². The summed E-state index contributed by atoms with van der Waals surface area (Å²) in [5.74, 6) is 0. The molecule has 2 aromatic rings. The van der Waals surface area contributed by atoms with Crippen molar-refractivity contribution in [1.29, 1.82) is 0 Å². The fourth-order valence-corrected chi connectivity index (χ4v) is 3.36. The molecule has 1 nitrogen and oxygen atoms in total. The molecule has 1 N–H and O–H groups in total. The van der Waals surface area contributed by atoms with Gasteiger partial charge in [0, 0.05) is 4.90 Å². The summed E-state index contributed by atoms with van der Waals surface area (Å²) in [6.45, 7) is 8.87. The van der Waals surface area contributed by atoms with Crippen molar-refractivity contribution in [3.8, 4) is 0 Å². The second kappa shape index (κ2) is 6.67. The van der Waals surface area contributed by atoms with Gasteiger partial charge in [-0.05, 0) is 86.5 Å². The van der Waals surface area contributed by atoms with E-state index in [-0.39, 0.29) is 6.04 Å². The Balaban J connectivity index is 2.55. The summed E-state index contributed by atoms with van der Waals surface area (Å²) >= 11 is 1.78. The maximum atomic E-state index is 3.50. The second-order valence-electron chi connectivity index (χ2n) is 5.67. The van der Waals surface area contributed by atoms with Gasteiger partial charge in [0.25, 0.3) is 0 Å². The molecule has 2 rings (SSSR count). The predicted molar refractivity (Wildman–Crippen MR) is 94.5 cm³/mol. The van der Waals surface area contributed by atoms with Crippen LogP contribution in [0.1, 0.15) is 39.4 Å². The van der Waals surface area contributed by atoms with E-state index in [1.165, 1.54) is 38.3 Å². The minimum absolute atomic E-state index is 0.250. The molecule has 0 aliphatic heterocycles. The molecule has 0 heterocycles. The Morgan fingerprint density at radius 3 is 1.86 bits per heavy atom. The van der Waals surface area contributed by atoms with Gasteiger partial charge in [0.15, 0.2) is 0 Å². The smallest absolute Gasteiger partial charge is 0.0579 e. The topological polar surface area (TPSA) is 12.0 Å². The van der Waals surface area contributed by atoms with Crippen molar-refractivity contribution in [2.75, 3.05) is 13.3 Å².